The van der Waals surface area contributed by atoms with Crippen LogP contribution in [0.2, 0.25) is 0 Å². The molecule has 0 aliphatic carbocycles. The lowest BCUT2D eigenvalue weighted by molar-refractivity contribution is -0.138. The lowest BCUT2D eigenvalue weighted by Gasteiger charge is -2.18. The van der Waals surface area contributed by atoms with E-state index in [-0.39, 0.29) is 6.54 Å². The molecule has 1 heterocycles. The predicted molar refractivity (Wildman–Crippen MR) is 59.4 cm³/mol. The van der Waals surface area contributed by atoms with Crippen LogP contribution in [0.15, 0.2) is 0 Å². The highest BCUT2D eigenvalue weighted by molar-refractivity contribution is 5.89. The highest BCUT2D eigenvalue weighted by atomic mass is 16.4. The minimum Gasteiger partial charge on any atom is -0.480 e. The molecule has 100 valence electrons. The predicted octanol–water partition coefficient (Wildman–Crippen LogP) is -2.08. The van der Waals surface area contributed by atoms with E-state index in [0.717, 1.165) is 6.42 Å². The van der Waals surface area contributed by atoms with Gasteiger partial charge in [-0.15, -0.1) is 0 Å². The van der Waals surface area contributed by atoms with E-state index in [1.54, 1.807) is 0 Å². The van der Waals surface area contributed by atoms with E-state index in [9.17, 15) is 19.2 Å². The molecule has 0 saturated carbocycles. The zero-order valence-electron chi connectivity index (χ0n) is 9.72. The fourth-order valence-electron chi connectivity index (χ4n) is 1.72. The Kier molecular flexibility index (Phi) is 5.09. The Balaban J connectivity index is 2.30. The van der Waals surface area contributed by atoms with Crippen molar-refractivity contribution in [2.75, 3.05) is 19.6 Å². The van der Waals surface area contributed by atoms with Gasteiger partial charge in [0.05, 0.1) is 6.54 Å². The number of carbonyl (C=O) groups is 4. The van der Waals surface area contributed by atoms with Crippen LogP contribution in [0, 0.1) is 0 Å². The largest absolute Gasteiger partial charge is 0.480 e. The van der Waals surface area contributed by atoms with E-state index < -0.39 is 30.4 Å². The fourth-order valence-corrected chi connectivity index (χ4v) is 1.72. The molecule has 1 saturated heterocycles. The van der Waals surface area contributed by atoms with Crippen molar-refractivity contribution in [1.29, 1.82) is 0 Å². The van der Waals surface area contributed by atoms with Crippen LogP contribution in [-0.4, -0.2) is 59.9 Å². The first-order valence-corrected chi connectivity index (χ1v) is 5.52. The quantitative estimate of drug-likeness (QED) is 0.472. The summed E-state index contributed by atoms with van der Waals surface area (Å²) in [7, 11) is 0. The van der Waals surface area contributed by atoms with E-state index in [1.165, 1.54) is 4.90 Å². The van der Waals surface area contributed by atoms with Gasteiger partial charge in [0.15, 0.2) is 0 Å². The van der Waals surface area contributed by atoms with Gasteiger partial charge in [0, 0.05) is 6.54 Å². The Bertz CT molecular complexity index is 357. The molecule has 3 N–H and O–H groups in total. The molecule has 3 amide bonds. The van der Waals surface area contributed by atoms with Gasteiger partial charge in [0.1, 0.15) is 12.6 Å². The summed E-state index contributed by atoms with van der Waals surface area (Å²) in [5, 5.41) is 12.8. The summed E-state index contributed by atoms with van der Waals surface area (Å²) < 4.78 is 0. The number of carboxylic acids is 1. The van der Waals surface area contributed by atoms with E-state index >= 15 is 0 Å². The lowest BCUT2D eigenvalue weighted by Crippen LogP contribution is -2.46. The Hall–Kier alpha value is -2.12. The molecule has 0 aromatic heterocycles. The molecular formula is C10H15N3O5. The van der Waals surface area contributed by atoms with Crippen LogP contribution >= 0.6 is 0 Å². The first kappa shape index (κ1) is 13.9. The zero-order chi connectivity index (χ0) is 13.5. The van der Waals surface area contributed by atoms with Crippen molar-refractivity contribution in [3.63, 3.8) is 0 Å². The molecule has 1 atom stereocenters. The smallest absolute Gasteiger partial charge is 0.322 e. The van der Waals surface area contributed by atoms with E-state index in [2.05, 4.69) is 10.6 Å². The van der Waals surface area contributed by atoms with Crippen molar-refractivity contribution in [3.8, 4) is 0 Å². The molecule has 0 radical (unpaired) electrons. The molecule has 0 aromatic rings. The Morgan fingerprint density at radius 1 is 1.28 bits per heavy atom. The number of likely N-dealkylation sites (tertiary alicyclic amines) is 1. The second kappa shape index (κ2) is 6.58. The average molecular weight is 257 g/mol. The number of carbonyl (C=O) groups excluding carboxylic acids is 3. The molecule has 1 rings (SSSR count). The molecule has 8 heteroatoms. The number of nitrogens with one attached hydrogen (secondary N) is 2. The summed E-state index contributed by atoms with van der Waals surface area (Å²) in [6.45, 7) is -0.249. The molecule has 1 aliphatic heterocycles. The Labute approximate surface area is 103 Å². The van der Waals surface area contributed by atoms with Gasteiger partial charge >= 0.3 is 5.97 Å². The number of rotatable bonds is 6. The van der Waals surface area contributed by atoms with Gasteiger partial charge in [0.2, 0.25) is 18.2 Å². The van der Waals surface area contributed by atoms with Crippen LogP contribution in [0.5, 0.6) is 0 Å². The molecule has 1 fully saturated rings. The minimum atomic E-state index is -1.16. The molecule has 1 unspecified atom stereocenters. The number of carboxylic acid groups (broad SMARTS) is 1. The topological polar surface area (TPSA) is 116 Å². The monoisotopic (exact) mass is 257 g/mol. The van der Waals surface area contributed by atoms with E-state index in [0.29, 0.717) is 19.4 Å². The number of hydrogen-bond donors (Lipinski definition) is 3. The van der Waals surface area contributed by atoms with Crippen LogP contribution < -0.4 is 10.6 Å². The highest BCUT2D eigenvalue weighted by Crippen LogP contribution is 2.14. The molecular weight excluding hydrogens is 242 g/mol. The lowest BCUT2D eigenvalue weighted by atomic mass is 10.2. The van der Waals surface area contributed by atoms with E-state index in [4.69, 9.17) is 5.11 Å². The summed E-state index contributed by atoms with van der Waals surface area (Å²) in [5.41, 5.74) is 0. The summed E-state index contributed by atoms with van der Waals surface area (Å²) in [6, 6.07) is -0.533. The van der Waals surface area contributed by atoms with Crippen molar-refractivity contribution in [1.82, 2.24) is 15.5 Å². The van der Waals surface area contributed by atoms with Gasteiger partial charge in [0.25, 0.3) is 0 Å². The second-order valence-electron chi connectivity index (χ2n) is 3.89. The van der Waals surface area contributed by atoms with Gasteiger partial charge in [-0.05, 0) is 12.8 Å². The highest BCUT2D eigenvalue weighted by Gasteiger charge is 2.29. The van der Waals surface area contributed by atoms with E-state index in [1.807, 2.05) is 0 Å². The third-order valence-corrected chi connectivity index (χ3v) is 2.59. The van der Waals surface area contributed by atoms with Crippen LogP contribution in [-0.2, 0) is 19.2 Å². The summed E-state index contributed by atoms with van der Waals surface area (Å²) in [5.74, 6) is -2.14. The maximum atomic E-state index is 11.6. The minimum absolute atomic E-state index is 0.296. The first-order chi connectivity index (χ1) is 8.54. The van der Waals surface area contributed by atoms with Crippen molar-refractivity contribution >= 4 is 24.2 Å². The van der Waals surface area contributed by atoms with Gasteiger partial charge in [-0.3, -0.25) is 19.2 Å². The van der Waals surface area contributed by atoms with Crippen molar-refractivity contribution in [2.24, 2.45) is 0 Å². The van der Waals surface area contributed by atoms with Crippen LogP contribution in [0.4, 0.5) is 0 Å². The SMILES string of the molecule is O=CN1CCCC1C(=O)NCC(=O)NCC(=O)O. The summed E-state index contributed by atoms with van der Waals surface area (Å²) in [4.78, 5) is 45.0. The number of amides is 3. The normalized spacial score (nSPS) is 18.2. The second-order valence-corrected chi connectivity index (χ2v) is 3.89. The first-order valence-electron chi connectivity index (χ1n) is 5.52. The van der Waals surface area contributed by atoms with Crippen molar-refractivity contribution in [3.05, 3.63) is 0 Å². The van der Waals surface area contributed by atoms with Crippen molar-refractivity contribution in [2.45, 2.75) is 18.9 Å². The standard InChI is InChI=1S/C10H15N3O5/c14-6-13-3-1-2-7(13)10(18)12-4-8(15)11-5-9(16)17/h6-7H,1-5H2,(H,11,15)(H,12,18)(H,16,17). The van der Waals surface area contributed by atoms with Crippen molar-refractivity contribution < 1.29 is 24.3 Å². The molecule has 0 spiro atoms. The molecule has 18 heavy (non-hydrogen) atoms. The van der Waals surface area contributed by atoms with Gasteiger partial charge in [-0.25, -0.2) is 0 Å². The number of aliphatic carboxylic acids is 1. The van der Waals surface area contributed by atoms with Gasteiger partial charge in [-0.1, -0.05) is 0 Å². The summed E-state index contributed by atoms with van der Waals surface area (Å²) in [6.07, 6.45) is 1.94. The Morgan fingerprint density at radius 3 is 2.61 bits per heavy atom. The van der Waals surface area contributed by atoms with Gasteiger partial charge < -0.3 is 20.6 Å². The maximum Gasteiger partial charge on any atom is 0.322 e. The zero-order valence-corrected chi connectivity index (χ0v) is 9.72. The maximum absolute atomic E-state index is 11.6. The molecule has 0 aromatic carbocycles. The average Bonchev–Trinajstić information content (AvgIpc) is 2.81. The molecule has 8 nitrogen and oxygen atoms in total. The molecule has 1 aliphatic rings. The number of nitrogens with zero attached hydrogens (tertiary/aromatic N) is 1. The Morgan fingerprint density at radius 2 is 2.00 bits per heavy atom. The number of hydrogen-bond acceptors (Lipinski definition) is 4. The van der Waals surface area contributed by atoms with Crippen LogP contribution in [0.25, 0.3) is 0 Å². The molecule has 0 bridgehead atoms. The van der Waals surface area contributed by atoms with Crippen LogP contribution in [0.3, 0.4) is 0 Å². The van der Waals surface area contributed by atoms with Gasteiger partial charge in [-0.2, -0.15) is 0 Å². The third kappa shape index (κ3) is 4.04. The fraction of sp³-hybridized carbons (Fsp3) is 0.600. The summed E-state index contributed by atoms with van der Waals surface area (Å²) >= 11 is 0. The third-order valence-electron chi connectivity index (χ3n) is 2.59. The van der Waals surface area contributed by atoms with Crippen LogP contribution in [0.1, 0.15) is 12.8 Å².